The molecule has 1 saturated carbocycles. The standard InChI is InChI=1S/C16H21N5O/c1-22-14-5-2-4-12(10-14)15-6-3-9-20(15)11-16-17-18-19-21(16)13-7-8-13/h2,4-5,10,13,15H,3,6-9,11H2,1H3/t15-/m1/s1. The number of nitrogens with zero attached hydrogens (tertiary/aromatic N) is 5. The third-order valence-corrected chi connectivity index (χ3v) is 4.64. The van der Waals surface area contributed by atoms with Crippen molar-refractivity contribution in [2.45, 2.75) is 44.3 Å². The fourth-order valence-corrected chi connectivity index (χ4v) is 3.34. The van der Waals surface area contributed by atoms with Crippen molar-refractivity contribution in [1.82, 2.24) is 25.1 Å². The molecule has 2 fully saturated rings. The van der Waals surface area contributed by atoms with Crippen LogP contribution in [0.15, 0.2) is 24.3 Å². The van der Waals surface area contributed by atoms with Crippen molar-refractivity contribution >= 4 is 0 Å². The molecule has 0 N–H and O–H groups in total. The molecule has 2 aromatic rings. The Morgan fingerprint density at radius 1 is 1.27 bits per heavy atom. The number of ether oxygens (including phenoxy) is 1. The smallest absolute Gasteiger partial charge is 0.165 e. The van der Waals surface area contributed by atoms with Crippen molar-refractivity contribution in [3.63, 3.8) is 0 Å². The Morgan fingerprint density at radius 3 is 3.00 bits per heavy atom. The Morgan fingerprint density at radius 2 is 2.18 bits per heavy atom. The molecule has 1 aromatic heterocycles. The molecule has 22 heavy (non-hydrogen) atoms. The van der Waals surface area contributed by atoms with Gasteiger partial charge in [-0.1, -0.05) is 12.1 Å². The van der Waals surface area contributed by atoms with Crippen molar-refractivity contribution in [3.05, 3.63) is 35.7 Å². The normalized spacial score (nSPS) is 22.1. The van der Waals surface area contributed by atoms with Gasteiger partial charge >= 0.3 is 0 Å². The average Bonchev–Trinajstić information content (AvgIpc) is 3.11. The summed E-state index contributed by atoms with van der Waals surface area (Å²) < 4.78 is 7.37. The number of likely N-dealkylation sites (tertiary alicyclic amines) is 1. The van der Waals surface area contributed by atoms with E-state index in [0.29, 0.717) is 12.1 Å². The first-order chi connectivity index (χ1) is 10.8. The zero-order valence-corrected chi connectivity index (χ0v) is 12.9. The minimum Gasteiger partial charge on any atom is -0.497 e. The predicted octanol–water partition coefficient (Wildman–Crippen LogP) is 2.35. The second-order valence-electron chi connectivity index (χ2n) is 6.18. The van der Waals surface area contributed by atoms with Crippen LogP contribution < -0.4 is 4.74 Å². The van der Waals surface area contributed by atoms with Crippen molar-refractivity contribution in [3.8, 4) is 5.75 Å². The van der Waals surface area contributed by atoms with Gasteiger partial charge in [0.05, 0.1) is 19.7 Å². The van der Waals surface area contributed by atoms with Crippen LogP contribution in [0.2, 0.25) is 0 Å². The maximum Gasteiger partial charge on any atom is 0.165 e. The molecular formula is C16H21N5O. The van der Waals surface area contributed by atoms with Crippen molar-refractivity contribution in [2.75, 3.05) is 13.7 Å². The molecule has 1 aliphatic heterocycles. The molecule has 2 aliphatic rings. The predicted molar refractivity (Wildman–Crippen MR) is 81.5 cm³/mol. The van der Waals surface area contributed by atoms with E-state index in [2.05, 4.69) is 38.6 Å². The summed E-state index contributed by atoms with van der Waals surface area (Å²) in [6.45, 7) is 1.92. The molecule has 6 nitrogen and oxygen atoms in total. The van der Waals surface area contributed by atoms with E-state index < -0.39 is 0 Å². The molecule has 116 valence electrons. The van der Waals surface area contributed by atoms with Crippen LogP contribution in [-0.4, -0.2) is 38.8 Å². The summed E-state index contributed by atoms with van der Waals surface area (Å²) in [6.07, 6.45) is 4.81. The highest BCUT2D eigenvalue weighted by Gasteiger charge is 2.31. The summed E-state index contributed by atoms with van der Waals surface area (Å²) in [4.78, 5) is 2.49. The Labute approximate surface area is 130 Å². The van der Waals surface area contributed by atoms with Crippen LogP contribution in [0.1, 0.15) is 49.2 Å². The lowest BCUT2D eigenvalue weighted by molar-refractivity contribution is 0.236. The van der Waals surface area contributed by atoms with Crippen LogP contribution in [0.3, 0.4) is 0 Å². The van der Waals surface area contributed by atoms with Crippen LogP contribution in [0.25, 0.3) is 0 Å². The van der Waals surface area contributed by atoms with E-state index in [4.69, 9.17) is 4.74 Å². The molecule has 1 atom stereocenters. The van der Waals surface area contributed by atoms with Gasteiger partial charge in [-0.2, -0.15) is 0 Å². The van der Waals surface area contributed by atoms with Gasteiger partial charge < -0.3 is 4.74 Å². The summed E-state index contributed by atoms with van der Waals surface area (Å²) in [5, 5.41) is 12.3. The van der Waals surface area contributed by atoms with Gasteiger partial charge in [-0.15, -0.1) is 5.10 Å². The summed E-state index contributed by atoms with van der Waals surface area (Å²) in [5.41, 5.74) is 1.32. The van der Waals surface area contributed by atoms with Gasteiger partial charge in [0, 0.05) is 6.04 Å². The highest BCUT2D eigenvalue weighted by atomic mass is 16.5. The Bertz CT molecular complexity index is 651. The summed E-state index contributed by atoms with van der Waals surface area (Å²) >= 11 is 0. The van der Waals surface area contributed by atoms with E-state index in [0.717, 1.165) is 24.7 Å². The van der Waals surface area contributed by atoms with Crippen molar-refractivity contribution < 1.29 is 4.74 Å². The number of methoxy groups -OCH3 is 1. The molecule has 0 radical (unpaired) electrons. The third-order valence-electron chi connectivity index (χ3n) is 4.64. The molecule has 1 saturated heterocycles. The van der Waals surface area contributed by atoms with E-state index >= 15 is 0 Å². The van der Waals surface area contributed by atoms with E-state index in [1.165, 1.54) is 31.2 Å². The number of aromatic nitrogens is 4. The van der Waals surface area contributed by atoms with Gasteiger partial charge in [-0.05, 0) is 60.4 Å². The van der Waals surface area contributed by atoms with Gasteiger partial charge in [0.25, 0.3) is 0 Å². The lowest BCUT2D eigenvalue weighted by Gasteiger charge is -2.24. The van der Waals surface area contributed by atoms with Crippen LogP contribution in [-0.2, 0) is 6.54 Å². The first kappa shape index (κ1) is 13.7. The Balaban J connectivity index is 1.54. The van der Waals surface area contributed by atoms with Crippen molar-refractivity contribution in [2.24, 2.45) is 0 Å². The zero-order chi connectivity index (χ0) is 14.9. The lowest BCUT2D eigenvalue weighted by Crippen LogP contribution is -2.25. The molecule has 2 heterocycles. The number of benzene rings is 1. The minimum absolute atomic E-state index is 0.430. The van der Waals surface area contributed by atoms with Crippen LogP contribution in [0.5, 0.6) is 5.75 Å². The van der Waals surface area contributed by atoms with Gasteiger partial charge in [-0.25, -0.2) is 4.68 Å². The van der Waals surface area contributed by atoms with Gasteiger partial charge in [0.15, 0.2) is 5.82 Å². The summed E-state index contributed by atoms with van der Waals surface area (Å²) in [6, 6.07) is 9.36. The quantitative estimate of drug-likeness (QED) is 0.848. The largest absolute Gasteiger partial charge is 0.497 e. The third kappa shape index (κ3) is 2.59. The average molecular weight is 299 g/mol. The van der Waals surface area contributed by atoms with Gasteiger partial charge in [-0.3, -0.25) is 4.90 Å². The van der Waals surface area contributed by atoms with E-state index in [1.807, 2.05) is 10.7 Å². The first-order valence-corrected chi connectivity index (χ1v) is 8.00. The minimum atomic E-state index is 0.430. The molecule has 1 aliphatic carbocycles. The van der Waals surface area contributed by atoms with E-state index in [9.17, 15) is 0 Å². The topological polar surface area (TPSA) is 56.1 Å². The monoisotopic (exact) mass is 299 g/mol. The number of rotatable bonds is 5. The molecule has 6 heteroatoms. The van der Waals surface area contributed by atoms with Gasteiger partial charge in [0.1, 0.15) is 5.75 Å². The van der Waals surface area contributed by atoms with Crippen LogP contribution in [0, 0.1) is 0 Å². The summed E-state index contributed by atoms with van der Waals surface area (Å²) in [7, 11) is 1.72. The van der Waals surface area contributed by atoms with Gasteiger partial charge in [0.2, 0.25) is 0 Å². The molecule has 0 bridgehead atoms. The maximum atomic E-state index is 5.36. The van der Waals surface area contributed by atoms with E-state index in [1.54, 1.807) is 7.11 Å². The highest BCUT2D eigenvalue weighted by Crippen LogP contribution is 2.37. The number of hydrogen-bond donors (Lipinski definition) is 0. The Kier molecular flexibility index (Phi) is 3.54. The second kappa shape index (κ2) is 5.68. The molecule has 1 aromatic carbocycles. The number of hydrogen-bond acceptors (Lipinski definition) is 5. The fourth-order valence-electron chi connectivity index (χ4n) is 3.34. The van der Waals surface area contributed by atoms with Crippen molar-refractivity contribution in [1.29, 1.82) is 0 Å². The molecule has 4 rings (SSSR count). The fraction of sp³-hybridized carbons (Fsp3) is 0.562. The summed E-state index contributed by atoms with van der Waals surface area (Å²) in [5.74, 6) is 1.92. The lowest BCUT2D eigenvalue weighted by atomic mass is 10.0. The molecule has 0 unspecified atom stereocenters. The molecular weight excluding hydrogens is 278 g/mol. The highest BCUT2D eigenvalue weighted by molar-refractivity contribution is 5.31. The van der Waals surface area contributed by atoms with E-state index in [-0.39, 0.29) is 0 Å². The SMILES string of the molecule is COc1cccc([C@H]2CCCN2Cc2nnnn2C2CC2)c1. The molecule has 0 spiro atoms. The first-order valence-electron chi connectivity index (χ1n) is 8.00. The van der Waals surface area contributed by atoms with Crippen LogP contribution >= 0.6 is 0 Å². The molecule has 0 amide bonds. The second-order valence-corrected chi connectivity index (χ2v) is 6.18. The van der Waals surface area contributed by atoms with Crippen LogP contribution in [0.4, 0.5) is 0 Å². The Hall–Kier alpha value is -1.95. The maximum absolute atomic E-state index is 5.36. The zero-order valence-electron chi connectivity index (χ0n) is 12.9. The number of tetrazole rings is 1.